The molecule has 3 rings (SSSR count). The van der Waals surface area contributed by atoms with E-state index in [4.69, 9.17) is 0 Å². The maximum Gasteiger partial charge on any atom is 0.408 e. The summed E-state index contributed by atoms with van der Waals surface area (Å²) in [5.74, 6) is -0.0470. The van der Waals surface area contributed by atoms with Crippen molar-refractivity contribution in [2.75, 3.05) is 11.4 Å². The van der Waals surface area contributed by atoms with Gasteiger partial charge in [-0.15, -0.1) is 12.4 Å². The van der Waals surface area contributed by atoms with Crippen LogP contribution in [-0.4, -0.2) is 51.3 Å². The van der Waals surface area contributed by atoms with Crippen LogP contribution < -0.4 is 10.2 Å². The lowest BCUT2D eigenvalue weighted by Crippen LogP contribution is -2.48. The van der Waals surface area contributed by atoms with Crippen molar-refractivity contribution in [3.05, 3.63) is 53.6 Å². The predicted octanol–water partition coefficient (Wildman–Crippen LogP) is 5.21. The van der Waals surface area contributed by atoms with Crippen molar-refractivity contribution < 1.29 is 19.8 Å². The van der Waals surface area contributed by atoms with E-state index in [1.54, 1.807) is 25.7 Å². The first-order chi connectivity index (χ1) is 15.9. The summed E-state index contributed by atoms with van der Waals surface area (Å²) in [6, 6.07) is 13.5. The number of fused-ring (bicyclic) bond motifs is 1. The van der Waals surface area contributed by atoms with E-state index < -0.39 is 11.7 Å². The average Bonchev–Trinajstić information content (AvgIpc) is 2.72. The highest BCUT2D eigenvalue weighted by Gasteiger charge is 2.38. The Bertz CT molecular complexity index is 1030. The zero-order valence-electron chi connectivity index (χ0n) is 21.4. The second-order valence-corrected chi connectivity index (χ2v) is 10.2. The normalized spacial score (nSPS) is 17.5. The van der Waals surface area contributed by atoms with Crippen LogP contribution in [0.15, 0.2) is 42.5 Å². The van der Waals surface area contributed by atoms with Gasteiger partial charge in [-0.05, 0) is 75.4 Å². The van der Waals surface area contributed by atoms with Crippen LogP contribution >= 0.6 is 12.4 Å². The molecule has 0 radical (unpaired) electrons. The monoisotopic (exact) mass is 503 g/mol. The lowest BCUT2D eigenvalue weighted by molar-refractivity contribution is -0.117. The summed E-state index contributed by atoms with van der Waals surface area (Å²) in [6.07, 6.45) is -0.408. The van der Waals surface area contributed by atoms with Gasteiger partial charge in [0.05, 0.1) is 11.6 Å². The molecule has 0 bridgehead atoms. The van der Waals surface area contributed by atoms with Crippen molar-refractivity contribution in [3.8, 4) is 11.1 Å². The molecule has 0 unspecified atom stereocenters. The molecule has 1 aliphatic heterocycles. The highest BCUT2D eigenvalue weighted by atomic mass is 35.5. The van der Waals surface area contributed by atoms with Crippen LogP contribution in [0.5, 0.6) is 0 Å². The summed E-state index contributed by atoms with van der Waals surface area (Å²) in [4.78, 5) is 27.8. The van der Waals surface area contributed by atoms with E-state index >= 15 is 0 Å². The zero-order chi connectivity index (χ0) is 25.2. The lowest BCUT2D eigenvalue weighted by atomic mass is 9.87. The van der Waals surface area contributed by atoms with E-state index in [1.165, 1.54) is 4.90 Å². The van der Waals surface area contributed by atoms with E-state index in [9.17, 15) is 19.8 Å². The lowest BCUT2D eigenvalue weighted by Gasteiger charge is -2.43. The number of anilines is 1. The fraction of sp³-hybridized carbons (Fsp3) is 0.481. The van der Waals surface area contributed by atoms with Gasteiger partial charge in [0.1, 0.15) is 0 Å². The van der Waals surface area contributed by atoms with E-state index in [0.717, 1.165) is 27.9 Å². The molecule has 0 saturated carbocycles. The molecule has 2 atom stereocenters. The number of rotatable bonds is 7. The molecule has 35 heavy (non-hydrogen) atoms. The number of nitrogens with zero attached hydrogens (tertiary/aromatic N) is 2. The number of carbonyl (C=O) groups excluding carboxylic acids is 1. The van der Waals surface area contributed by atoms with Gasteiger partial charge in [0.2, 0.25) is 5.91 Å². The molecule has 0 saturated heterocycles. The summed E-state index contributed by atoms with van der Waals surface area (Å²) in [6.45, 7) is 12.0. The number of hydrogen-bond acceptors (Lipinski definition) is 4. The number of nitrogens with one attached hydrogen (secondary N) is 1. The Morgan fingerprint density at radius 2 is 1.74 bits per heavy atom. The van der Waals surface area contributed by atoms with Crippen molar-refractivity contribution in [1.82, 2.24) is 10.2 Å². The minimum absolute atomic E-state index is 0. The Hall–Kier alpha value is -2.61. The molecule has 192 valence electrons. The second kappa shape index (κ2) is 11.4. The Morgan fingerprint density at radius 1 is 1.14 bits per heavy atom. The van der Waals surface area contributed by atoms with Gasteiger partial charge in [-0.25, -0.2) is 4.79 Å². The molecule has 1 aliphatic rings. The van der Waals surface area contributed by atoms with Crippen LogP contribution in [-0.2, 0) is 11.3 Å². The van der Waals surface area contributed by atoms with Gasteiger partial charge in [0.15, 0.2) is 0 Å². The van der Waals surface area contributed by atoms with Gasteiger partial charge in [-0.2, -0.15) is 0 Å². The summed E-state index contributed by atoms with van der Waals surface area (Å²) in [5, 5.41) is 23.1. The first-order valence-electron chi connectivity index (χ1n) is 11.9. The number of amides is 2. The molecule has 1 heterocycles. The molecular weight excluding hydrogens is 466 g/mol. The fourth-order valence-electron chi connectivity index (χ4n) is 4.80. The maximum absolute atomic E-state index is 12.4. The van der Waals surface area contributed by atoms with Gasteiger partial charge in [-0.1, -0.05) is 30.3 Å². The summed E-state index contributed by atoms with van der Waals surface area (Å²) in [5.41, 5.74) is 3.98. The molecule has 0 spiro atoms. The van der Waals surface area contributed by atoms with Crippen molar-refractivity contribution >= 4 is 30.1 Å². The Labute approximate surface area is 214 Å². The molecule has 2 aromatic rings. The third-order valence-corrected chi connectivity index (χ3v) is 6.28. The number of aliphatic hydroxyl groups is 1. The quantitative estimate of drug-likeness (QED) is 0.482. The Morgan fingerprint density at radius 3 is 2.26 bits per heavy atom. The van der Waals surface area contributed by atoms with Gasteiger partial charge < -0.3 is 20.4 Å². The Balaban J connectivity index is 0.00000432. The van der Waals surface area contributed by atoms with E-state index in [2.05, 4.69) is 5.32 Å². The topological polar surface area (TPSA) is 93.1 Å². The van der Waals surface area contributed by atoms with Crippen LogP contribution in [0.4, 0.5) is 10.5 Å². The largest absolute Gasteiger partial charge is 0.465 e. The van der Waals surface area contributed by atoms with Gasteiger partial charge in [0, 0.05) is 37.8 Å². The number of hydrogen-bond donors (Lipinski definition) is 3. The highest BCUT2D eigenvalue weighted by Crippen LogP contribution is 2.43. The van der Waals surface area contributed by atoms with E-state index in [1.807, 2.05) is 63.2 Å². The minimum atomic E-state index is -0.956. The molecular formula is C27H38ClN3O4. The van der Waals surface area contributed by atoms with Gasteiger partial charge >= 0.3 is 6.09 Å². The van der Waals surface area contributed by atoms with Crippen LogP contribution in [0.3, 0.4) is 0 Å². The standard InChI is InChI=1S/C27H37N3O4.ClH/c1-17(2)29(26(32)33)25-13-18(3)30(19(4)31)24-12-11-22(14-23(24)25)21-9-7-20(8-10-21)15-28-16-27(5,6)34;/h7-12,14,17-18,25,28,34H,13,15-16H2,1-6H3,(H,32,33);1H/t18-,25+;/m0./s1. The van der Waals surface area contributed by atoms with Crippen LogP contribution in [0.2, 0.25) is 0 Å². The smallest absolute Gasteiger partial charge is 0.408 e. The Kier molecular flexibility index (Phi) is 9.34. The SMILES string of the molecule is CC(=O)N1c2ccc(-c3ccc(CNCC(C)(C)O)cc3)cc2[C@H](N(C(=O)O)C(C)C)C[C@@H]1C.Cl. The molecule has 2 amide bonds. The second-order valence-electron chi connectivity index (χ2n) is 10.2. The molecule has 8 heteroatoms. The van der Waals surface area contributed by atoms with Gasteiger partial charge in [-0.3, -0.25) is 9.69 Å². The minimum Gasteiger partial charge on any atom is -0.465 e. The number of halogens is 1. The van der Waals surface area contributed by atoms with Gasteiger partial charge in [0.25, 0.3) is 0 Å². The number of benzene rings is 2. The molecule has 0 fully saturated rings. The first kappa shape index (κ1) is 28.6. The third kappa shape index (κ3) is 6.75. The first-order valence-corrected chi connectivity index (χ1v) is 11.9. The molecule has 0 aliphatic carbocycles. The average molecular weight is 504 g/mol. The van der Waals surface area contributed by atoms with Crippen molar-refractivity contribution in [2.45, 2.75) is 78.2 Å². The van der Waals surface area contributed by atoms with Crippen molar-refractivity contribution in [2.24, 2.45) is 0 Å². The van der Waals surface area contributed by atoms with E-state index in [0.29, 0.717) is 19.5 Å². The zero-order valence-corrected chi connectivity index (χ0v) is 22.2. The molecule has 2 aromatic carbocycles. The summed E-state index contributed by atoms with van der Waals surface area (Å²) < 4.78 is 0. The van der Waals surface area contributed by atoms with Crippen LogP contribution in [0.1, 0.15) is 65.1 Å². The van der Waals surface area contributed by atoms with Crippen LogP contribution in [0, 0.1) is 0 Å². The van der Waals surface area contributed by atoms with Crippen molar-refractivity contribution in [1.29, 1.82) is 0 Å². The molecule has 0 aromatic heterocycles. The molecule has 7 nitrogen and oxygen atoms in total. The maximum atomic E-state index is 12.4. The fourth-order valence-corrected chi connectivity index (χ4v) is 4.80. The number of carbonyl (C=O) groups is 2. The van der Waals surface area contributed by atoms with Crippen LogP contribution in [0.25, 0.3) is 11.1 Å². The van der Waals surface area contributed by atoms with E-state index in [-0.39, 0.29) is 36.4 Å². The third-order valence-electron chi connectivity index (χ3n) is 6.28. The predicted molar refractivity (Wildman–Crippen MR) is 142 cm³/mol. The summed E-state index contributed by atoms with van der Waals surface area (Å²) in [7, 11) is 0. The highest BCUT2D eigenvalue weighted by molar-refractivity contribution is 5.94. The molecule has 3 N–H and O–H groups in total. The number of carboxylic acid groups (broad SMARTS) is 1. The summed E-state index contributed by atoms with van der Waals surface area (Å²) >= 11 is 0. The van der Waals surface area contributed by atoms with Crippen molar-refractivity contribution in [3.63, 3.8) is 0 Å².